The molecule has 0 bridgehead atoms. The molecule has 0 radical (unpaired) electrons. The van der Waals surface area contributed by atoms with Crippen LogP contribution in [0.4, 0.5) is 0 Å². The number of hydrogen-bond acceptors (Lipinski definition) is 2. The molecule has 0 fully saturated rings. The van der Waals surface area contributed by atoms with Crippen molar-refractivity contribution in [1.82, 2.24) is 10.2 Å². The first-order valence-corrected chi connectivity index (χ1v) is 6.73. The fourth-order valence-corrected chi connectivity index (χ4v) is 2.08. The largest absolute Gasteiger partial charge is 0.316 e. The lowest BCUT2D eigenvalue weighted by Gasteiger charge is -2.21. The number of nitrogens with one attached hydrogen (secondary N) is 1. The zero-order valence-electron chi connectivity index (χ0n) is 11.1. The van der Waals surface area contributed by atoms with Crippen LogP contribution < -0.4 is 5.32 Å². The van der Waals surface area contributed by atoms with Crippen LogP contribution in [0.3, 0.4) is 0 Å². The SMILES string of the molecule is CCNCCN(CC)Cc1ccc(C)cc1Cl. The van der Waals surface area contributed by atoms with Gasteiger partial charge in [0.1, 0.15) is 0 Å². The second kappa shape index (κ2) is 7.70. The van der Waals surface area contributed by atoms with Gasteiger partial charge in [0.15, 0.2) is 0 Å². The average Bonchev–Trinajstić information content (AvgIpc) is 2.31. The van der Waals surface area contributed by atoms with E-state index in [0.717, 1.165) is 37.7 Å². The second-order valence-corrected chi connectivity index (χ2v) is 4.72. The highest BCUT2D eigenvalue weighted by Crippen LogP contribution is 2.19. The van der Waals surface area contributed by atoms with Gasteiger partial charge in [-0.05, 0) is 37.2 Å². The molecule has 1 rings (SSSR count). The Kier molecular flexibility index (Phi) is 6.56. The van der Waals surface area contributed by atoms with Crippen LogP contribution in [0.25, 0.3) is 0 Å². The summed E-state index contributed by atoms with van der Waals surface area (Å²) in [5.74, 6) is 0. The first-order chi connectivity index (χ1) is 8.17. The Bertz CT molecular complexity index is 339. The molecule has 1 aromatic carbocycles. The molecule has 0 amide bonds. The summed E-state index contributed by atoms with van der Waals surface area (Å²) in [6.07, 6.45) is 0. The standard InChI is InChI=1S/C14H23ClN2/c1-4-16-8-9-17(5-2)11-13-7-6-12(3)10-14(13)15/h6-7,10,16H,4-5,8-9,11H2,1-3H3. The second-order valence-electron chi connectivity index (χ2n) is 4.32. The van der Waals surface area contributed by atoms with Crippen molar-refractivity contribution < 1.29 is 0 Å². The molecule has 0 unspecified atom stereocenters. The molecule has 0 saturated heterocycles. The van der Waals surface area contributed by atoms with Crippen molar-refractivity contribution in [2.24, 2.45) is 0 Å². The normalized spacial score (nSPS) is 11.1. The van der Waals surface area contributed by atoms with Gasteiger partial charge in [-0.2, -0.15) is 0 Å². The van der Waals surface area contributed by atoms with E-state index >= 15 is 0 Å². The molecule has 3 heteroatoms. The third kappa shape index (κ3) is 5.07. The summed E-state index contributed by atoms with van der Waals surface area (Å²) < 4.78 is 0. The van der Waals surface area contributed by atoms with Gasteiger partial charge in [0.05, 0.1) is 0 Å². The van der Waals surface area contributed by atoms with Gasteiger partial charge in [-0.1, -0.05) is 37.6 Å². The molecule has 0 aliphatic rings. The lowest BCUT2D eigenvalue weighted by Crippen LogP contribution is -2.31. The van der Waals surface area contributed by atoms with Gasteiger partial charge in [-0.15, -0.1) is 0 Å². The van der Waals surface area contributed by atoms with Crippen molar-refractivity contribution in [2.75, 3.05) is 26.2 Å². The van der Waals surface area contributed by atoms with Crippen LogP contribution in [0.5, 0.6) is 0 Å². The Morgan fingerprint density at radius 2 is 2.06 bits per heavy atom. The van der Waals surface area contributed by atoms with Crippen molar-refractivity contribution in [3.05, 3.63) is 34.3 Å². The zero-order chi connectivity index (χ0) is 12.7. The quantitative estimate of drug-likeness (QED) is 0.753. The summed E-state index contributed by atoms with van der Waals surface area (Å²) in [6, 6.07) is 6.29. The van der Waals surface area contributed by atoms with Crippen LogP contribution in [0.15, 0.2) is 18.2 Å². The Morgan fingerprint density at radius 3 is 2.65 bits per heavy atom. The van der Waals surface area contributed by atoms with Crippen LogP contribution in [0.2, 0.25) is 5.02 Å². The summed E-state index contributed by atoms with van der Waals surface area (Å²) >= 11 is 6.25. The van der Waals surface area contributed by atoms with Gasteiger partial charge in [0, 0.05) is 24.7 Å². The van der Waals surface area contributed by atoms with Gasteiger partial charge < -0.3 is 5.32 Å². The fraction of sp³-hybridized carbons (Fsp3) is 0.571. The average molecular weight is 255 g/mol. The lowest BCUT2D eigenvalue weighted by molar-refractivity contribution is 0.280. The fourth-order valence-electron chi connectivity index (χ4n) is 1.78. The van der Waals surface area contributed by atoms with Crippen LogP contribution in [0.1, 0.15) is 25.0 Å². The molecule has 0 heterocycles. The highest BCUT2D eigenvalue weighted by Gasteiger charge is 2.06. The van der Waals surface area contributed by atoms with Crippen LogP contribution >= 0.6 is 11.6 Å². The Morgan fingerprint density at radius 1 is 1.29 bits per heavy atom. The summed E-state index contributed by atoms with van der Waals surface area (Å²) in [7, 11) is 0. The van der Waals surface area contributed by atoms with Crippen molar-refractivity contribution in [3.8, 4) is 0 Å². The molecule has 0 saturated carbocycles. The molecular formula is C14H23ClN2. The van der Waals surface area contributed by atoms with Crippen LogP contribution in [0, 0.1) is 6.92 Å². The molecule has 0 atom stereocenters. The first kappa shape index (κ1) is 14.5. The van der Waals surface area contributed by atoms with E-state index in [-0.39, 0.29) is 0 Å². The predicted octanol–water partition coefficient (Wildman–Crippen LogP) is 3.08. The molecule has 2 nitrogen and oxygen atoms in total. The monoisotopic (exact) mass is 254 g/mol. The smallest absolute Gasteiger partial charge is 0.0453 e. The van der Waals surface area contributed by atoms with Crippen LogP contribution in [-0.4, -0.2) is 31.1 Å². The van der Waals surface area contributed by atoms with Crippen molar-refractivity contribution in [3.63, 3.8) is 0 Å². The summed E-state index contributed by atoms with van der Waals surface area (Å²) in [5.41, 5.74) is 2.44. The topological polar surface area (TPSA) is 15.3 Å². The van der Waals surface area contributed by atoms with Gasteiger partial charge in [-0.25, -0.2) is 0 Å². The minimum Gasteiger partial charge on any atom is -0.316 e. The first-order valence-electron chi connectivity index (χ1n) is 6.35. The molecule has 0 spiro atoms. The van der Waals surface area contributed by atoms with Gasteiger partial charge in [0.2, 0.25) is 0 Å². The molecular weight excluding hydrogens is 232 g/mol. The number of aryl methyl sites for hydroxylation is 1. The number of rotatable bonds is 7. The number of benzene rings is 1. The molecule has 0 aliphatic carbocycles. The minimum atomic E-state index is 0.881. The van der Waals surface area contributed by atoms with E-state index in [4.69, 9.17) is 11.6 Å². The Balaban J connectivity index is 2.54. The Labute approximate surface area is 110 Å². The molecule has 0 aromatic heterocycles. The molecule has 1 N–H and O–H groups in total. The van der Waals surface area contributed by atoms with Crippen molar-refractivity contribution >= 4 is 11.6 Å². The number of halogens is 1. The van der Waals surface area contributed by atoms with E-state index in [1.165, 1.54) is 11.1 Å². The molecule has 0 aliphatic heterocycles. The summed E-state index contributed by atoms with van der Waals surface area (Å²) in [4.78, 5) is 2.40. The van der Waals surface area contributed by atoms with Gasteiger partial charge >= 0.3 is 0 Å². The minimum absolute atomic E-state index is 0.881. The van der Waals surface area contributed by atoms with Gasteiger partial charge in [-0.3, -0.25) is 4.90 Å². The third-order valence-corrected chi connectivity index (χ3v) is 3.26. The highest BCUT2D eigenvalue weighted by molar-refractivity contribution is 6.31. The number of likely N-dealkylation sites (N-methyl/N-ethyl adjacent to an activating group) is 2. The van der Waals surface area contributed by atoms with Crippen molar-refractivity contribution in [2.45, 2.75) is 27.3 Å². The maximum atomic E-state index is 6.25. The maximum Gasteiger partial charge on any atom is 0.0453 e. The van der Waals surface area contributed by atoms with E-state index in [2.05, 4.69) is 43.1 Å². The lowest BCUT2D eigenvalue weighted by atomic mass is 10.1. The molecule has 96 valence electrons. The van der Waals surface area contributed by atoms with E-state index in [9.17, 15) is 0 Å². The predicted molar refractivity (Wildman–Crippen MR) is 75.7 cm³/mol. The van der Waals surface area contributed by atoms with Crippen LogP contribution in [-0.2, 0) is 6.54 Å². The summed E-state index contributed by atoms with van der Waals surface area (Å²) in [5, 5.41) is 4.23. The highest BCUT2D eigenvalue weighted by atomic mass is 35.5. The molecule has 1 aromatic rings. The number of hydrogen-bond donors (Lipinski definition) is 1. The van der Waals surface area contributed by atoms with E-state index < -0.39 is 0 Å². The van der Waals surface area contributed by atoms with E-state index in [0.29, 0.717) is 0 Å². The summed E-state index contributed by atoms with van der Waals surface area (Å²) in [6.45, 7) is 11.5. The Hall–Kier alpha value is -0.570. The molecule has 17 heavy (non-hydrogen) atoms. The van der Waals surface area contributed by atoms with Gasteiger partial charge in [0.25, 0.3) is 0 Å². The number of nitrogens with zero attached hydrogens (tertiary/aromatic N) is 1. The van der Waals surface area contributed by atoms with Crippen molar-refractivity contribution in [1.29, 1.82) is 0 Å². The van der Waals surface area contributed by atoms with E-state index in [1.54, 1.807) is 0 Å². The zero-order valence-corrected chi connectivity index (χ0v) is 11.8. The third-order valence-electron chi connectivity index (χ3n) is 2.90. The van der Waals surface area contributed by atoms with E-state index in [1.807, 2.05) is 6.07 Å². The maximum absolute atomic E-state index is 6.25.